The molecule has 31 heavy (non-hydrogen) atoms. The number of imidazole rings is 2. The molecule has 7 nitrogen and oxygen atoms in total. The Labute approximate surface area is 180 Å². The van der Waals surface area contributed by atoms with Gasteiger partial charge in [0.15, 0.2) is 0 Å². The lowest BCUT2D eigenvalue weighted by atomic mass is 10.1. The fourth-order valence-electron chi connectivity index (χ4n) is 3.72. The Balaban J connectivity index is 1.46. The monoisotopic (exact) mass is 412 g/mol. The molecule has 4 aromatic heterocycles. The van der Waals surface area contributed by atoms with Gasteiger partial charge in [0, 0.05) is 48.5 Å². The molecule has 4 heterocycles. The van der Waals surface area contributed by atoms with E-state index in [-0.39, 0.29) is 0 Å². The molecule has 0 unspecified atom stereocenters. The summed E-state index contributed by atoms with van der Waals surface area (Å²) in [6.07, 6.45) is 10.5. The first kappa shape index (κ1) is 19.3. The number of hydrogen-bond donors (Lipinski definition) is 0. The minimum atomic E-state index is 0.652. The third kappa shape index (κ3) is 3.87. The summed E-state index contributed by atoms with van der Waals surface area (Å²) in [7, 11) is 4.12. The second kappa shape index (κ2) is 8.20. The zero-order valence-electron chi connectivity index (χ0n) is 17.6. The van der Waals surface area contributed by atoms with Gasteiger partial charge in [-0.15, -0.1) is 0 Å². The third-order valence-electron chi connectivity index (χ3n) is 5.25. The van der Waals surface area contributed by atoms with E-state index in [2.05, 4.69) is 51.7 Å². The number of para-hydroxylation sites is 1. The summed E-state index contributed by atoms with van der Waals surface area (Å²) < 4.78 is 9.90. The van der Waals surface area contributed by atoms with Crippen LogP contribution in [0, 0.1) is 0 Å². The lowest BCUT2D eigenvalue weighted by Crippen LogP contribution is -2.15. The number of rotatable bonds is 7. The number of nitrogens with zero attached hydrogens (tertiary/aromatic N) is 6. The van der Waals surface area contributed by atoms with Crippen molar-refractivity contribution in [2.75, 3.05) is 27.2 Å². The second-order valence-electron chi connectivity index (χ2n) is 7.76. The first-order chi connectivity index (χ1) is 15.2. The van der Waals surface area contributed by atoms with E-state index >= 15 is 0 Å². The minimum Gasteiger partial charge on any atom is -0.478 e. The molecule has 0 aliphatic heterocycles. The normalized spacial score (nSPS) is 11.6. The summed E-state index contributed by atoms with van der Waals surface area (Å²) in [6.45, 7) is 1.66. The molecular formula is C24H24N6O. The van der Waals surface area contributed by atoms with Crippen LogP contribution in [0.1, 0.15) is 6.42 Å². The average Bonchev–Trinajstić information content (AvgIpc) is 3.44. The maximum absolute atomic E-state index is 5.76. The predicted octanol–water partition coefficient (Wildman–Crippen LogP) is 4.07. The highest BCUT2D eigenvalue weighted by Crippen LogP contribution is 2.27. The Kier molecular flexibility index (Phi) is 5.09. The Morgan fingerprint density at radius 2 is 1.94 bits per heavy atom. The molecule has 0 amide bonds. The van der Waals surface area contributed by atoms with Gasteiger partial charge in [-0.05, 0) is 50.8 Å². The smallest absolute Gasteiger partial charge is 0.213 e. The van der Waals surface area contributed by atoms with Gasteiger partial charge in [0.1, 0.15) is 5.65 Å². The van der Waals surface area contributed by atoms with E-state index in [1.54, 1.807) is 12.5 Å². The van der Waals surface area contributed by atoms with Crippen LogP contribution in [0.3, 0.4) is 0 Å². The van der Waals surface area contributed by atoms with Gasteiger partial charge < -0.3 is 14.2 Å². The number of hydrogen-bond acceptors (Lipinski definition) is 5. The molecule has 0 bridgehead atoms. The number of benzene rings is 1. The van der Waals surface area contributed by atoms with Crippen molar-refractivity contribution in [2.24, 2.45) is 0 Å². The number of ether oxygens (including phenoxy) is 1. The van der Waals surface area contributed by atoms with Crippen molar-refractivity contribution in [2.45, 2.75) is 6.42 Å². The van der Waals surface area contributed by atoms with Crippen molar-refractivity contribution in [1.82, 2.24) is 28.8 Å². The molecule has 1 aromatic carbocycles. The summed E-state index contributed by atoms with van der Waals surface area (Å²) in [6, 6.07) is 14.2. The highest BCUT2D eigenvalue weighted by Gasteiger charge is 2.11. The van der Waals surface area contributed by atoms with Gasteiger partial charge in [-0.2, -0.15) is 0 Å². The van der Waals surface area contributed by atoms with Crippen LogP contribution in [0.5, 0.6) is 5.88 Å². The molecule has 5 aromatic rings. The fraction of sp³-hybridized carbons (Fsp3) is 0.208. The van der Waals surface area contributed by atoms with Gasteiger partial charge in [0.2, 0.25) is 5.88 Å². The molecule has 0 aliphatic carbocycles. The Morgan fingerprint density at radius 3 is 2.71 bits per heavy atom. The molecule has 0 fully saturated rings. The van der Waals surface area contributed by atoms with Crippen LogP contribution >= 0.6 is 0 Å². The largest absolute Gasteiger partial charge is 0.478 e. The van der Waals surface area contributed by atoms with E-state index in [9.17, 15) is 0 Å². The zero-order chi connectivity index (χ0) is 21.2. The van der Waals surface area contributed by atoms with Crippen molar-refractivity contribution in [3.8, 4) is 22.7 Å². The molecule has 0 saturated carbocycles. The van der Waals surface area contributed by atoms with Crippen molar-refractivity contribution < 1.29 is 4.74 Å². The summed E-state index contributed by atoms with van der Waals surface area (Å²) in [5.74, 6) is 0.652. The molecule has 7 heteroatoms. The van der Waals surface area contributed by atoms with Crippen LogP contribution in [0.2, 0.25) is 0 Å². The number of aromatic nitrogens is 5. The van der Waals surface area contributed by atoms with Crippen molar-refractivity contribution in [3.05, 3.63) is 73.6 Å². The molecule has 0 radical (unpaired) electrons. The first-order valence-electron chi connectivity index (χ1n) is 10.3. The highest BCUT2D eigenvalue weighted by atomic mass is 16.5. The standard InChI is InChI=1S/C24H24N6O/c1-28(2)12-4-14-31-23-10-8-18(15-26-23)19-7-9-22-27-20-5-3-6-21(24(20)30(22)16-19)29-13-11-25-17-29/h3,5-11,13,15-17H,4,12,14H2,1-2H3. The lowest BCUT2D eigenvalue weighted by Gasteiger charge is -2.10. The molecule has 0 spiro atoms. The van der Waals surface area contributed by atoms with Crippen LogP contribution in [0.4, 0.5) is 0 Å². The van der Waals surface area contributed by atoms with Gasteiger partial charge in [-0.25, -0.2) is 15.0 Å². The lowest BCUT2D eigenvalue weighted by molar-refractivity contribution is 0.273. The van der Waals surface area contributed by atoms with E-state index < -0.39 is 0 Å². The van der Waals surface area contributed by atoms with E-state index in [0.717, 1.165) is 46.5 Å². The van der Waals surface area contributed by atoms with Crippen LogP contribution in [-0.2, 0) is 0 Å². The summed E-state index contributed by atoms with van der Waals surface area (Å²) in [5, 5.41) is 0. The number of pyridine rings is 2. The van der Waals surface area contributed by atoms with E-state index in [1.807, 2.05) is 47.3 Å². The Bertz CT molecular complexity index is 1310. The topological polar surface area (TPSA) is 60.5 Å². The minimum absolute atomic E-state index is 0.652. The Morgan fingerprint density at radius 1 is 1.03 bits per heavy atom. The van der Waals surface area contributed by atoms with Gasteiger partial charge >= 0.3 is 0 Å². The third-order valence-corrected chi connectivity index (χ3v) is 5.25. The second-order valence-corrected chi connectivity index (χ2v) is 7.76. The molecule has 0 aliphatic rings. The van der Waals surface area contributed by atoms with Gasteiger partial charge in [-0.3, -0.25) is 4.40 Å². The maximum atomic E-state index is 5.76. The quantitative estimate of drug-likeness (QED) is 0.377. The maximum Gasteiger partial charge on any atom is 0.213 e. The summed E-state index contributed by atoms with van der Waals surface area (Å²) in [4.78, 5) is 15.6. The SMILES string of the molecule is CN(C)CCCOc1ccc(-c2ccc3nc4cccc(-n5ccnc5)c4n3c2)cn1. The van der Waals surface area contributed by atoms with Gasteiger partial charge in [0.05, 0.1) is 29.7 Å². The first-order valence-corrected chi connectivity index (χ1v) is 10.3. The van der Waals surface area contributed by atoms with Crippen LogP contribution in [0.25, 0.3) is 33.5 Å². The van der Waals surface area contributed by atoms with Crippen molar-refractivity contribution >= 4 is 16.7 Å². The van der Waals surface area contributed by atoms with E-state index in [0.29, 0.717) is 12.5 Å². The van der Waals surface area contributed by atoms with Crippen LogP contribution in [0.15, 0.2) is 73.6 Å². The van der Waals surface area contributed by atoms with E-state index in [4.69, 9.17) is 9.72 Å². The van der Waals surface area contributed by atoms with E-state index in [1.165, 1.54) is 0 Å². The Hall–Kier alpha value is -3.71. The predicted molar refractivity (Wildman–Crippen MR) is 122 cm³/mol. The molecule has 0 atom stereocenters. The average molecular weight is 412 g/mol. The van der Waals surface area contributed by atoms with Gasteiger partial charge in [-0.1, -0.05) is 6.07 Å². The van der Waals surface area contributed by atoms with Crippen LogP contribution < -0.4 is 4.74 Å². The van der Waals surface area contributed by atoms with Crippen molar-refractivity contribution in [3.63, 3.8) is 0 Å². The highest BCUT2D eigenvalue weighted by molar-refractivity contribution is 5.88. The summed E-state index contributed by atoms with van der Waals surface area (Å²) in [5.41, 5.74) is 6.04. The summed E-state index contributed by atoms with van der Waals surface area (Å²) >= 11 is 0. The molecular weight excluding hydrogens is 388 g/mol. The fourth-order valence-corrected chi connectivity index (χ4v) is 3.72. The molecule has 0 N–H and O–H groups in total. The molecule has 156 valence electrons. The zero-order valence-corrected chi connectivity index (χ0v) is 17.6. The number of fused-ring (bicyclic) bond motifs is 3. The molecule has 5 rings (SSSR count). The van der Waals surface area contributed by atoms with Gasteiger partial charge in [0.25, 0.3) is 0 Å². The van der Waals surface area contributed by atoms with Crippen molar-refractivity contribution in [1.29, 1.82) is 0 Å². The van der Waals surface area contributed by atoms with Crippen LogP contribution in [-0.4, -0.2) is 56.1 Å². The molecule has 0 saturated heterocycles.